The summed E-state index contributed by atoms with van der Waals surface area (Å²) in [6.45, 7) is 3.99. The van der Waals surface area contributed by atoms with Crippen LogP contribution in [0.4, 0.5) is 0 Å². The molecule has 1 fully saturated rings. The predicted molar refractivity (Wildman–Crippen MR) is 64.8 cm³/mol. The van der Waals surface area contributed by atoms with Gasteiger partial charge < -0.3 is 15.7 Å². The second-order valence-corrected chi connectivity index (χ2v) is 5.07. The van der Waals surface area contributed by atoms with Crippen LogP contribution in [-0.2, 0) is 14.4 Å². The molecule has 0 aromatic heterocycles. The highest BCUT2D eigenvalue weighted by molar-refractivity contribution is 5.90. The van der Waals surface area contributed by atoms with Gasteiger partial charge in [0.05, 0.1) is 5.92 Å². The minimum atomic E-state index is -0.903. The average molecular weight is 256 g/mol. The molecule has 1 rings (SSSR count). The first-order valence-electron chi connectivity index (χ1n) is 6.20. The maximum atomic E-state index is 11.7. The normalized spacial score (nSPS) is 20.6. The average Bonchev–Trinajstić information content (AvgIpc) is 2.69. The van der Waals surface area contributed by atoms with Crippen molar-refractivity contribution in [1.29, 1.82) is 0 Å². The zero-order valence-corrected chi connectivity index (χ0v) is 10.7. The van der Waals surface area contributed by atoms with E-state index in [1.54, 1.807) is 0 Å². The minimum absolute atomic E-state index is 0.110. The SMILES string of the molecule is CC(C)CC(CNC(=O)[C@@H]1CCC(=O)N1)C(=O)O. The monoisotopic (exact) mass is 256 g/mol. The molecule has 2 amide bonds. The molecule has 1 unspecified atom stereocenters. The Balaban J connectivity index is 2.39. The molecule has 0 aliphatic carbocycles. The van der Waals surface area contributed by atoms with E-state index in [1.807, 2.05) is 13.8 Å². The quantitative estimate of drug-likeness (QED) is 0.629. The van der Waals surface area contributed by atoms with Crippen LogP contribution < -0.4 is 10.6 Å². The molecule has 1 saturated heterocycles. The first kappa shape index (κ1) is 14.5. The van der Waals surface area contributed by atoms with Crippen molar-refractivity contribution in [3.63, 3.8) is 0 Å². The first-order valence-corrected chi connectivity index (χ1v) is 6.20. The van der Waals surface area contributed by atoms with E-state index in [-0.39, 0.29) is 24.3 Å². The summed E-state index contributed by atoms with van der Waals surface area (Å²) < 4.78 is 0. The number of carboxylic acid groups (broad SMARTS) is 1. The van der Waals surface area contributed by atoms with Gasteiger partial charge in [0.1, 0.15) is 6.04 Å². The Hall–Kier alpha value is -1.59. The van der Waals surface area contributed by atoms with Crippen molar-refractivity contribution in [3.05, 3.63) is 0 Å². The smallest absolute Gasteiger partial charge is 0.308 e. The van der Waals surface area contributed by atoms with Crippen LogP contribution in [0.3, 0.4) is 0 Å². The van der Waals surface area contributed by atoms with Gasteiger partial charge in [-0.05, 0) is 18.8 Å². The number of hydrogen-bond donors (Lipinski definition) is 3. The summed E-state index contributed by atoms with van der Waals surface area (Å²) >= 11 is 0. The van der Waals surface area contributed by atoms with Gasteiger partial charge in [-0.15, -0.1) is 0 Å². The lowest BCUT2D eigenvalue weighted by Gasteiger charge is -2.17. The topological polar surface area (TPSA) is 95.5 Å². The molecular formula is C12H20N2O4. The summed E-state index contributed by atoms with van der Waals surface area (Å²) in [6.07, 6.45) is 1.35. The molecule has 102 valence electrons. The lowest BCUT2D eigenvalue weighted by atomic mass is 9.97. The van der Waals surface area contributed by atoms with Crippen molar-refractivity contribution in [2.24, 2.45) is 11.8 Å². The fourth-order valence-corrected chi connectivity index (χ4v) is 2.00. The van der Waals surface area contributed by atoms with Crippen LogP contribution in [0.1, 0.15) is 33.1 Å². The molecule has 0 bridgehead atoms. The summed E-state index contributed by atoms with van der Waals surface area (Å²) in [5.41, 5.74) is 0. The Labute approximate surface area is 106 Å². The third-order valence-electron chi connectivity index (χ3n) is 2.94. The lowest BCUT2D eigenvalue weighted by Crippen LogP contribution is -2.44. The Bertz CT molecular complexity index is 341. The van der Waals surface area contributed by atoms with Gasteiger partial charge >= 0.3 is 5.97 Å². The van der Waals surface area contributed by atoms with E-state index in [0.717, 1.165) is 0 Å². The third kappa shape index (κ3) is 4.35. The van der Waals surface area contributed by atoms with Gasteiger partial charge in [0, 0.05) is 13.0 Å². The van der Waals surface area contributed by atoms with Crippen molar-refractivity contribution in [2.45, 2.75) is 39.2 Å². The second-order valence-electron chi connectivity index (χ2n) is 5.07. The highest BCUT2D eigenvalue weighted by Gasteiger charge is 2.28. The van der Waals surface area contributed by atoms with Crippen molar-refractivity contribution in [1.82, 2.24) is 10.6 Å². The van der Waals surface area contributed by atoms with Crippen LogP contribution in [-0.4, -0.2) is 35.5 Å². The highest BCUT2D eigenvalue weighted by atomic mass is 16.4. The molecule has 0 aromatic rings. The molecular weight excluding hydrogens is 236 g/mol. The Kier molecular flexibility index (Phi) is 5.12. The number of carbonyl (C=O) groups excluding carboxylic acids is 2. The standard InChI is InChI=1S/C12H20N2O4/c1-7(2)5-8(12(17)18)6-13-11(16)9-3-4-10(15)14-9/h7-9H,3-6H2,1-2H3,(H,13,16)(H,14,15)(H,17,18)/t8?,9-/m0/s1. The molecule has 1 aliphatic rings. The number of rotatable bonds is 6. The Morgan fingerprint density at radius 1 is 1.50 bits per heavy atom. The van der Waals surface area contributed by atoms with E-state index in [2.05, 4.69) is 10.6 Å². The molecule has 0 spiro atoms. The predicted octanol–water partition coefficient (Wildman–Crippen LogP) is 0.128. The maximum absolute atomic E-state index is 11.7. The van der Waals surface area contributed by atoms with Gasteiger partial charge in [0.25, 0.3) is 0 Å². The van der Waals surface area contributed by atoms with Crippen LogP contribution >= 0.6 is 0 Å². The number of amides is 2. The van der Waals surface area contributed by atoms with Gasteiger partial charge in [0.15, 0.2) is 0 Å². The number of carbonyl (C=O) groups is 3. The number of nitrogens with one attached hydrogen (secondary N) is 2. The number of hydrogen-bond acceptors (Lipinski definition) is 3. The van der Waals surface area contributed by atoms with Gasteiger partial charge in [-0.3, -0.25) is 14.4 Å². The molecule has 6 heteroatoms. The van der Waals surface area contributed by atoms with Crippen LogP contribution in [0.25, 0.3) is 0 Å². The van der Waals surface area contributed by atoms with Crippen LogP contribution in [0.15, 0.2) is 0 Å². The van der Waals surface area contributed by atoms with Crippen molar-refractivity contribution in [3.8, 4) is 0 Å². The minimum Gasteiger partial charge on any atom is -0.481 e. The van der Waals surface area contributed by atoms with E-state index in [0.29, 0.717) is 19.3 Å². The van der Waals surface area contributed by atoms with E-state index in [4.69, 9.17) is 5.11 Å². The maximum Gasteiger partial charge on any atom is 0.308 e. The van der Waals surface area contributed by atoms with E-state index >= 15 is 0 Å². The van der Waals surface area contributed by atoms with Crippen LogP contribution in [0, 0.1) is 11.8 Å². The van der Waals surface area contributed by atoms with Crippen molar-refractivity contribution >= 4 is 17.8 Å². The fourth-order valence-electron chi connectivity index (χ4n) is 2.00. The molecule has 6 nitrogen and oxygen atoms in total. The zero-order valence-electron chi connectivity index (χ0n) is 10.7. The molecule has 0 saturated carbocycles. The molecule has 0 radical (unpaired) electrons. The Morgan fingerprint density at radius 3 is 2.61 bits per heavy atom. The molecule has 1 aliphatic heterocycles. The zero-order chi connectivity index (χ0) is 13.7. The highest BCUT2D eigenvalue weighted by Crippen LogP contribution is 2.12. The summed E-state index contributed by atoms with van der Waals surface area (Å²) in [4.78, 5) is 33.6. The van der Waals surface area contributed by atoms with Gasteiger partial charge in [-0.2, -0.15) is 0 Å². The van der Waals surface area contributed by atoms with Gasteiger partial charge in [-0.1, -0.05) is 13.8 Å². The summed E-state index contributed by atoms with van der Waals surface area (Å²) in [5, 5.41) is 14.2. The van der Waals surface area contributed by atoms with Crippen molar-refractivity contribution < 1.29 is 19.5 Å². The molecule has 2 atom stereocenters. The second kappa shape index (κ2) is 6.37. The van der Waals surface area contributed by atoms with Gasteiger partial charge in [-0.25, -0.2) is 0 Å². The van der Waals surface area contributed by atoms with Crippen LogP contribution in [0.5, 0.6) is 0 Å². The van der Waals surface area contributed by atoms with Crippen molar-refractivity contribution in [2.75, 3.05) is 6.54 Å². The molecule has 3 N–H and O–H groups in total. The largest absolute Gasteiger partial charge is 0.481 e. The first-order chi connectivity index (χ1) is 8.40. The summed E-state index contributed by atoms with van der Waals surface area (Å²) in [7, 11) is 0. The third-order valence-corrected chi connectivity index (χ3v) is 2.94. The Morgan fingerprint density at radius 2 is 2.17 bits per heavy atom. The summed E-state index contributed by atoms with van der Waals surface area (Å²) in [5.74, 6) is -1.65. The lowest BCUT2D eigenvalue weighted by molar-refractivity contribution is -0.142. The molecule has 0 aromatic carbocycles. The van der Waals surface area contributed by atoms with Crippen LogP contribution in [0.2, 0.25) is 0 Å². The number of aliphatic carboxylic acids is 1. The number of carboxylic acids is 1. The van der Waals surface area contributed by atoms with E-state index in [1.165, 1.54) is 0 Å². The van der Waals surface area contributed by atoms with E-state index < -0.39 is 17.9 Å². The summed E-state index contributed by atoms with van der Waals surface area (Å²) in [6, 6.07) is -0.508. The fraction of sp³-hybridized carbons (Fsp3) is 0.750. The van der Waals surface area contributed by atoms with Gasteiger partial charge in [0.2, 0.25) is 11.8 Å². The van der Waals surface area contributed by atoms with E-state index in [9.17, 15) is 14.4 Å². The molecule has 1 heterocycles. The molecule has 18 heavy (non-hydrogen) atoms.